The van der Waals surface area contributed by atoms with E-state index in [0.29, 0.717) is 17.4 Å². The number of carbonyl (C=O) groups is 1. The van der Waals surface area contributed by atoms with Crippen molar-refractivity contribution in [1.29, 1.82) is 0 Å². The average molecular weight is 324 g/mol. The van der Waals surface area contributed by atoms with E-state index in [1.807, 2.05) is 22.8 Å². The van der Waals surface area contributed by atoms with Gasteiger partial charge in [-0.15, -0.1) is 0 Å². The van der Waals surface area contributed by atoms with Gasteiger partial charge in [-0.05, 0) is 36.1 Å². The highest BCUT2D eigenvalue weighted by Crippen LogP contribution is 2.35. The van der Waals surface area contributed by atoms with Crippen LogP contribution in [0.3, 0.4) is 0 Å². The fourth-order valence-corrected chi connectivity index (χ4v) is 4.14. The van der Waals surface area contributed by atoms with Gasteiger partial charge in [0.25, 0.3) is 5.56 Å². The summed E-state index contributed by atoms with van der Waals surface area (Å²) in [6, 6.07) is 12.7. The van der Waals surface area contributed by atoms with E-state index in [2.05, 4.69) is 11.0 Å². The Morgan fingerprint density at radius 2 is 1.88 bits per heavy atom. The molecule has 0 saturated carbocycles. The SMILES string of the molecule is O=C(O)c1ccc(CN2C[C@@H]3C[C@@H](C2)c2cccc(=O)n2C3)cc1. The molecule has 2 bridgehead atoms. The molecule has 24 heavy (non-hydrogen) atoms. The summed E-state index contributed by atoms with van der Waals surface area (Å²) < 4.78 is 1.94. The van der Waals surface area contributed by atoms with Crippen LogP contribution in [0.2, 0.25) is 0 Å². The van der Waals surface area contributed by atoms with E-state index in [0.717, 1.165) is 43.9 Å². The van der Waals surface area contributed by atoms with E-state index in [1.54, 1.807) is 18.2 Å². The molecule has 1 aromatic heterocycles. The number of nitrogens with zero attached hydrogens (tertiary/aromatic N) is 2. The lowest BCUT2D eigenvalue weighted by Crippen LogP contribution is -2.46. The lowest BCUT2D eigenvalue weighted by molar-refractivity contribution is 0.0697. The third kappa shape index (κ3) is 2.76. The van der Waals surface area contributed by atoms with Crippen LogP contribution in [0.4, 0.5) is 0 Å². The molecule has 1 saturated heterocycles. The number of benzene rings is 1. The number of likely N-dealkylation sites (tertiary alicyclic amines) is 1. The first-order valence-corrected chi connectivity index (χ1v) is 8.34. The molecule has 1 fully saturated rings. The van der Waals surface area contributed by atoms with Gasteiger partial charge in [-0.2, -0.15) is 0 Å². The largest absolute Gasteiger partial charge is 0.478 e. The average Bonchev–Trinajstić information content (AvgIpc) is 2.56. The van der Waals surface area contributed by atoms with Crippen molar-refractivity contribution in [2.45, 2.75) is 25.4 Å². The van der Waals surface area contributed by atoms with Crippen molar-refractivity contribution in [2.24, 2.45) is 5.92 Å². The lowest BCUT2D eigenvalue weighted by atomic mass is 9.83. The number of rotatable bonds is 3. The molecule has 4 rings (SSSR count). The van der Waals surface area contributed by atoms with E-state index >= 15 is 0 Å². The van der Waals surface area contributed by atoms with Crippen LogP contribution in [0.5, 0.6) is 0 Å². The molecule has 2 atom stereocenters. The van der Waals surface area contributed by atoms with Crippen LogP contribution in [0.25, 0.3) is 0 Å². The molecular weight excluding hydrogens is 304 g/mol. The topological polar surface area (TPSA) is 62.5 Å². The van der Waals surface area contributed by atoms with Gasteiger partial charge in [-0.25, -0.2) is 4.79 Å². The Bertz CT molecular complexity index is 825. The molecule has 2 aromatic rings. The number of aromatic carboxylic acids is 1. The second kappa shape index (κ2) is 5.91. The Balaban J connectivity index is 1.52. The smallest absolute Gasteiger partial charge is 0.335 e. The van der Waals surface area contributed by atoms with Crippen LogP contribution in [0.15, 0.2) is 47.3 Å². The molecule has 5 nitrogen and oxygen atoms in total. The minimum Gasteiger partial charge on any atom is -0.478 e. The third-order valence-electron chi connectivity index (χ3n) is 5.16. The maximum absolute atomic E-state index is 12.1. The van der Waals surface area contributed by atoms with E-state index in [9.17, 15) is 9.59 Å². The van der Waals surface area contributed by atoms with E-state index in [4.69, 9.17) is 5.11 Å². The second-order valence-electron chi connectivity index (χ2n) is 6.89. The minimum absolute atomic E-state index is 0.111. The molecule has 3 heterocycles. The molecule has 0 spiro atoms. The molecule has 0 aliphatic carbocycles. The van der Waals surface area contributed by atoms with Crippen LogP contribution in [0.1, 0.15) is 34.0 Å². The van der Waals surface area contributed by atoms with Crippen molar-refractivity contribution in [1.82, 2.24) is 9.47 Å². The molecule has 1 N–H and O–H groups in total. The predicted molar refractivity (Wildman–Crippen MR) is 90.2 cm³/mol. The van der Waals surface area contributed by atoms with E-state index < -0.39 is 5.97 Å². The van der Waals surface area contributed by atoms with Gasteiger partial charge in [-0.1, -0.05) is 18.2 Å². The number of aromatic nitrogens is 1. The Hall–Kier alpha value is -2.40. The standard InChI is InChI=1S/C19H20N2O3/c22-18-3-1-2-17-16-8-14(11-21(17)18)10-20(12-16)9-13-4-6-15(7-5-13)19(23)24/h1-7,14,16H,8-12H2,(H,23,24)/t14-,16-/m0/s1. The fourth-order valence-electron chi connectivity index (χ4n) is 4.14. The van der Waals surface area contributed by atoms with Crippen LogP contribution >= 0.6 is 0 Å². The number of fused-ring (bicyclic) bond motifs is 4. The maximum Gasteiger partial charge on any atom is 0.335 e. The van der Waals surface area contributed by atoms with Crippen molar-refractivity contribution >= 4 is 5.97 Å². The molecule has 1 aromatic carbocycles. The number of carboxylic acids is 1. The third-order valence-corrected chi connectivity index (χ3v) is 5.16. The van der Waals surface area contributed by atoms with Crippen molar-refractivity contribution in [3.8, 4) is 0 Å². The Kier molecular flexibility index (Phi) is 3.73. The lowest BCUT2D eigenvalue weighted by Gasteiger charge is -2.42. The summed E-state index contributed by atoms with van der Waals surface area (Å²) in [5, 5.41) is 8.98. The summed E-state index contributed by atoms with van der Waals surface area (Å²) in [4.78, 5) is 25.4. The summed E-state index contributed by atoms with van der Waals surface area (Å²) in [6.07, 6.45) is 1.15. The Morgan fingerprint density at radius 1 is 1.08 bits per heavy atom. The molecule has 5 heteroatoms. The first kappa shape index (κ1) is 15.1. The molecule has 0 amide bonds. The summed E-state index contributed by atoms with van der Waals surface area (Å²) in [5.74, 6) is 0.0236. The van der Waals surface area contributed by atoms with Crippen molar-refractivity contribution in [3.05, 3.63) is 69.6 Å². The van der Waals surface area contributed by atoms with Gasteiger partial charge in [0.1, 0.15) is 0 Å². The quantitative estimate of drug-likeness (QED) is 0.940. The van der Waals surface area contributed by atoms with Gasteiger partial charge in [-0.3, -0.25) is 9.69 Å². The zero-order chi connectivity index (χ0) is 16.7. The molecule has 2 aliphatic rings. The predicted octanol–water partition coefficient (Wildman–Crippen LogP) is 2.17. The molecule has 124 valence electrons. The number of pyridine rings is 1. The van der Waals surface area contributed by atoms with Crippen LogP contribution < -0.4 is 5.56 Å². The van der Waals surface area contributed by atoms with Crippen LogP contribution in [-0.4, -0.2) is 33.6 Å². The highest BCUT2D eigenvalue weighted by Gasteiger charge is 2.34. The first-order chi connectivity index (χ1) is 11.6. The first-order valence-electron chi connectivity index (χ1n) is 8.34. The maximum atomic E-state index is 12.1. The number of hydrogen-bond donors (Lipinski definition) is 1. The fraction of sp³-hybridized carbons (Fsp3) is 0.368. The molecule has 0 radical (unpaired) electrons. The minimum atomic E-state index is -0.892. The molecule has 2 aliphatic heterocycles. The normalized spacial score (nSPS) is 22.8. The highest BCUT2D eigenvalue weighted by molar-refractivity contribution is 5.87. The van der Waals surface area contributed by atoms with Crippen molar-refractivity contribution in [3.63, 3.8) is 0 Å². The van der Waals surface area contributed by atoms with E-state index in [-0.39, 0.29) is 5.56 Å². The van der Waals surface area contributed by atoms with Crippen molar-refractivity contribution in [2.75, 3.05) is 13.1 Å². The summed E-state index contributed by atoms with van der Waals surface area (Å²) in [7, 11) is 0. The summed E-state index contributed by atoms with van der Waals surface area (Å²) >= 11 is 0. The number of carboxylic acid groups (broad SMARTS) is 1. The number of hydrogen-bond acceptors (Lipinski definition) is 3. The molecule has 0 unspecified atom stereocenters. The van der Waals surface area contributed by atoms with Gasteiger partial charge in [0.2, 0.25) is 0 Å². The van der Waals surface area contributed by atoms with Crippen LogP contribution in [-0.2, 0) is 13.1 Å². The van der Waals surface area contributed by atoms with Gasteiger partial charge < -0.3 is 9.67 Å². The monoisotopic (exact) mass is 324 g/mol. The van der Waals surface area contributed by atoms with Gasteiger partial charge in [0.05, 0.1) is 5.56 Å². The Labute approximate surface area is 140 Å². The second-order valence-corrected chi connectivity index (χ2v) is 6.89. The Morgan fingerprint density at radius 3 is 2.62 bits per heavy atom. The van der Waals surface area contributed by atoms with Gasteiger partial charge >= 0.3 is 5.97 Å². The number of piperidine rings is 1. The summed E-state index contributed by atoms with van der Waals surface area (Å²) in [5.41, 5.74) is 2.72. The summed E-state index contributed by atoms with van der Waals surface area (Å²) in [6.45, 7) is 3.56. The van der Waals surface area contributed by atoms with E-state index in [1.165, 1.54) is 0 Å². The zero-order valence-electron chi connectivity index (χ0n) is 13.4. The van der Waals surface area contributed by atoms with Gasteiger partial charge in [0, 0.05) is 43.9 Å². The van der Waals surface area contributed by atoms with Crippen molar-refractivity contribution < 1.29 is 9.90 Å². The molecular formula is C19H20N2O3. The zero-order valence-corrected chi connectivity index (χ0v) is 13.4. The van der Waals surface area contributed by atoms with Crippen LogP contribution in [0, 0.1) is 5.92 Å². The van der Waals surface area contributed by atoms with Gasteiger partial charge in [0.15, 0.2) is 0 Å². The highest BCUT2D eigenvalue weighted by atomic mass is 16.4.